The van der Waals surface area contributed by atoms with E-state index in [0.29, 0.717) is 23.5 Å². The van der Waals surface area contributed by atoms with Crippen LogP contribution in [0.15, 0.2) is 53.4 Å². The second-order valence-corrected chi connectivity index (χ2v) is 10.2. The van der Waals surface area contributed by atoms with Crippen molar-refractivity contribution in [1.29, 1.82) is 0 Å². The quantitative estimate of drug-likeness (QED) is 0.661. The van der Waals surface area contributed by atoms with E-state index in [1.165, 1.54) is 11.8 Å². The van der Waals surface area contributed by atoms with Gasteiger partial charge < -0.3 is 4.74 Å². The predicted molar refractivity (Wildman–Crippen MR) is 114 cm³/mol. The molecule has 1 unspecified atom stereocenters. The molecule has 1 saturated heterocycles. The zero-order valence-corrected chi connectivity index (χ0v) is 18.0. The first-order chi connectivity index (χ1) is 13.3. The van der Waals surface area contributed by atoms with Crippen molar-refractivity contribution in [2.75, 3.05) is 26.0 Å². The zero-order valence-electron chi connectivity index (χ0n) is 16.5. The van der Waals surface area contributed by atoms with Crippen LogP contribution in [0.3, 0.4) is 0 Å². The van der Waals surface area contributed by atoms with Crippen molar-refractivity contribution in [2.45, 2.75) is 37.1 Å². The number of nitrogens with zero attached hydrogens (tertiary/aromatic N) is 1. The van der Waals surface area contributed by atoms with Crippen LogP contribution >= 0.6 is 11.6 Å². The lowest BCUT2D eigenvalue weighted by Crippen LogP contribution is -2.44. The fraction of sp³-hybridized carbons (Fsp3) is 0.455. The van der Waals surface area contributed by atoms with Crippen molar-refractivity contribution in [3.8, 4) is 5.75 Å². The van der Waals surface area contributed by atoms with Crippen LogP contribution < -0.4 is 4.74 Å². The van der Waals surface area contributed by atoms with Gasteiger partial charge in [0, 0.05) is 36.3 Å². The smallest absolute Gasteiger partial charge is 0.175 e. The Morgan fingerprint density at radius 1 is 1.14 bits per heavy atom. The van der Waals surface area contributed by atoms with Gasteiger partial charge in [-0.1, -0.05) is 23.7 Å². The first-order valence-corrected chi connectivity index (χ1v) is 12.0. The fourth-order valence-corrected chi connectivity index (χ4v) is 4.52. The van der Waals surface area contributed by atoms with Gasteiger partial charge in [-0.05, 0) is 68.1 Å². The van der Waals surface area contributed by atoms with E-state index in [1.807, 2.05) is 18.2 Å². The van der Waals surface area contributed by atoms with Gasteiger partial charge in [0.2, 0.25) is 0 Å². The molecule has 0 aliphatic carbocycles. The molecule has 0 amide bonds. The standard InChI is InChI=1S/C22H28ClNO3S/c1-17-6-7-19(15-24(17)13-12-18-4-3-5-20(23)14-18)16-27-21-8-10-22(11-9-21)28(2,25)26/h3-5,8-11,14,17,19H,6-7,12-13,15-16H2,1-2H3/t17-,19?/m0/s1. The van der Waals surface area contributed by atoms with E-state index in [0.717, 1.165) is 43.1 Å². The normalized spacial score (nSPS) is 20.8. The number of ether oxygens (including phenoxy) is 1. The molecule has 28 heavy (non-hydrogen) atoms. The van der Waals surface area contributed by atoms with Crippen LogP contribution in [0.4, 0.5) is 0 Å². The van der Waals surface area contributed by atoms with Crippen LogP contribution in [0, 0.1) is 5.92 Å². The van der Waals surface area contributed by atoms with Crippen molar-refractivity contribution in [2.24, 2.45) is 5.92 Å². The highest BCUT2D eigenvalue weighted by molar-refractivity contribution is 7.90. The maximum Gasteiger partial charge on any atom is 0.175 e. The third-order valence-electron chi connectivity index (χ3n) is 5.42. The Balaban J connectivity index is 1.51. The molecule has 0 aromatic heterocycles. The molecule has 0 spiro atoms. The van der Waals surface area contributed by atoms with E-state index in [-0.39, 0.29) is 0 Å². The number of halogens is 1. The highest BCUT2D eigenvalue weighted by Gasteiger charge is 2.25. The lowest BCUT2D eigenvalue weighted by molar-refractivity contribution is 0.0905. The van der Waals surface area contributed by atoms with Gasteiger partial charge in [-0.3, -0.25) is 4.90 Å². The molecule has 6 heteroatoms. The van der Waals surface area contributed by atoms with Gasteiger partial charge in [-0.15, -0.1) is 0 Å². The van der Waals surface area contributed by atoms with E-state index in [1.54, 1.807) is 24.3 Å². The number of sulfone groups is 1. The van der Waals surface area contributed by atoms with Crippen LogP contribution in [0.2, 0.25) is 5.02 Å². The third-order valence-corrected chi connectivity index (χ3v) is 6.79. The van der Waals surface area contributed by atoms with Gasteiger partial charge in [0.05, 0.1) is 11.5 Å². The SMILES string of the molecule is C[C@H]1CCC(COc2ccc(S(C)(=O)=O)cc2)CN1CCc1cccc(Cl)c1. The molecule has 2 aromatic carbocycles. The first-order valence-electron chi connectivity index (χ1n) is 9.72. The average Bonchev–Trinajstić information content (AvgIpc) is 2.66. The fourth-order valence-electron chi connectivity index (χ4n) is 3.67. The molecule has 0 saturated carbocycles. The van der Waals surface area contributed by atoms with Crippen molar-refractivity contribution in [1.82, 2.24) is 4.90 Å². The van der Waals surface area contributed by atoms with Crippen LogP contribution in [0.1, 0.15) is 25.3 Å². The minimum atomic E-state index is -3.17. The van der Waals surface area contributed by atoms with Crippen molar-refractivity contribution in [3.05, 3.63) is 59.1 Å². The molecule has 0 bridgehead atoms. The van der Waals surface area contributed by atoms with Crippen molar-refractivity contribution < 1.29 is 13.2 Å². The number of rotatable bonds is 7. The van der Waals surface area contributed by atoms with E-state index in [9.17, 15) is 8.42 Å². The van der Waals surface area contributed by atoms with E-state index >= 15 is 0 Å². The summed E-state index contributed by atoms with van der Waals surface area (Å²) < 4.78 is 29.0. The van der Waals surface area contributed by atoms with Crippen LogP contribution in [-0.4, -0.2) is 45.3 Å². The maximum absolute atomic E-state index is 11.5. The van der Waals surface area contributed by atoms with Crippen LogP contribution in [0.5, 0.6) is 5.75 Å². The minimum absolute atomic E-state index is 0.318. The van der Waals surface area contributed by atoms with Crippen molar-refractivity contribution in [3.63, 3.8) is 0 Å². The molecule has 3 rings (SSSR count). The number of hydrogen-bond donors (Lipinski definition) is 0. The summed E-state index contributed by atoms with van der Waals surface area (Å²) in [7, 11) is -3.17. The summed E-state index contributed by atoms with van der Waals surface area (Å²) >= 11 is 6.09. The lowest BCUT2D eigenvalue weighted by Gasteiger charge is -2.38. The number of benzene rings is 2. The number of likely N-dealkylation sites (tertiary alicyclic amines) is 1. The molecular weight excluding hydrogens is 394 g/mol. The second-order valence-electron chi connectivity index (χ2n) is 7.72. The van der Waals surface area contributed by atoms with Gasteiger partial charge in [0.1, 0.15) is 5.75 Å². The number of piperidine rings is 1. The Morgan fingerprint density at radius 2 is 1.89 bits per heavy atom. The lowest BCUT2D eigenvalue weighted by atomic mass is 9.93. The van der Waals surface area contributed by atoms with Gasteiger partial charge in [0.15, 0.2) is 9.84 Å². The van der Waals surface area contributed by atoms with E-state index in [2.05, 4.69) is 17.9 Å². The van der Waals surface area contributed by atoms with Gasteiger partial charge >= 0.3 is 0 Å². The highest BCUT2D eigenvalue weighted by atomic mass is 35.5. The van der Waals surface area contributed by atoms with Crippen molar-refractivity contribution >= 4 is 21.4 Å². The molecule has 1 heterocycles. The summed E-state index contributed by atoms with van der Waals surface area (Å²) in [6.07, 6.45) is 4.52. The molecular formula is C22H28ClNO3S. The monoisotopic (exact) mass is 421 g/mol. The molecule has 2 atom stereocenters. The molecule has 1 fully saturated rings. The Morgan fingerprint density at radius 3 is 2.57 bits per heavy atom. The minimum Gasteiger partial charge on any atom is -0.493 e. The van der Waals surface area contributed by atoms with Crippen LogP contribution in [-0.2, 0) is 16.3 Å². The summed E-state index contributed by atoms with van der Waals surface area (Å²) in [4.78, 5) is 2.85. The predicted octanol–water partition coefficient (Wildman–Crippen LogP) is 4.47. The molecule has 0 N–H and O–H groups in total. The molecule has 152 valence electrons. The molecule has 1 aliphatic rings. The van der Waals surface area contributed by atoms with Crippen LogP contribution in [0.25, 0.3) is 0 Å². The Bertz CT molecular complexity index is 883. The summed E-state index contributed by atoms with van der Waals surface area (Å²) in [5, 5.41) is 0.789. The molecule has 2 aromatic rings. The zero-order chi connectivity index (χ0) is 20.1. The summed E-state index contributed by atoms with van der Waals surface area (Å²) in [5.74, 6) is 1.20. The Hall–Kier alpha value is -1.56. The molecule has 0 radical (unpaired) electrons. The highest BCUT2D eigenvalue weighted by Crippen LogP contribution is 2.24. The largest absolute Gasteiger partial charge is 0.493 e. The van der Waals surface area contributed by atoms with E-state index in [4.69, 9.17) is 16.3 Å². The average molecular weight is 422 g/mol. The number of hydrogen-bond acceptors (Lipinski definition) is 4. The van der Waals surface area contributed by atoms with Gasteiger partial charge in [0.25, 0.3) is 0 Å². The molecule has 1 aliphatic heterocycles. The Kier molecular flexibility index (Phi) is 7.02. The molecule has 4 nitrogen and oxygen atoms in total. The summed E-state index contributed by atoms with van der Waals surface area (Å²) in [6, 6.07) is 15.3. The topological polar surface area (TPSA) is 46.6 Å². The van der Waals surface area contributed by atoms with Gasteiger partial charge in [-0.2, -0.15) is 0 Å². The second kappa shape index (κ2) is 9.29. The van der Waals surface area contributed by atoms with Gasteiger partial charge in [-0.25, -0.2) is 8.42 Å². The maximum atomic E-state index is 11.5. The summed E-state index contributed by atoms with van der Waals surface area (Å²) in [6.45, 7) is 4.97. The Labute approximate surface area is 173 Å². The third kappa shape index (κ3) is 5.97. The first kappa shape index (κ1) is 21.2. The summed E-state index contributed by atoms with van der Waals surface area (Å²) in [5.41, 5.74) is 1.27. The van der Waals surface area contributed by atoms with E-state index < -0.39 is 9.84 Å².